The highest BCUT2D eigenvalue weighted by Gasteiger charge is 2.34. The largest absolute Gasteiger partial charge is 0.573 e. The second-order valence-corrected chi connectivity index (χ2v) is 5.80. The van der Waals surface area contributed by atoms with E-state index in [1.807, 2.05) is 5.32 Å². The maximum Gasteiger partial charge on any atom is 0.573 e. The van der Waals surface area contributed by atoms with E-state index in [0.717, 1.165) is 22.8 Å². The lowest BCUT2D eigenvalue weighted by Crippen LogP contribution is -2.25. The first kappa shape index (κ1) is 17.8. The van der Waals surface area contributed by atoms with Crippen LogP contribution in [-0.4, -0.2) is 22.7 Å². The van der Waals surface area contributed by atoms with Gasteiger partial charge in [0.25, 0.3) is 17.4 Å². The molecule has 0 unspecified atom stereocenters. The van der Waals surface area contributed by atoms with Crippen LogP contribution in [0, 0.1) is 6.92 Å². The maximum absolute atomic E-state index is 12.4. The predicted molar refractivity (Wildman–Crippen MR) is 84.7 cm³/mol. The molecule has 1 aromatic heterocycles. The maximum atomic E-state index is 12.4. The number of imide groups is 1. The number of carbonyl (C=O) groups excluding carboxylic acids is 2. The number of alkyl halides is 3. The summed E-state index contributed by atoms with van der Waals surface area (Å²) in [4.78, 5) is 35.9. The Kier molecular flexibility index (Phi) is 3.95. The molecule has 0 bridgehead atoms. The molecular weight excluding hydrogens is 379 g/mol. The normalized spacial score (nSPS) is 13.6. The lowest BCUT2D eigenvalue weighted by atomic mass is 10.1. The first-order valence-corrected chi connectivity index (χ1v) is 7.35. The van der Waals surface area contributed by atoms with Gasteiger partial charge in [-0.1, -0.05) is 11.6 Å². The van der Waals surface area contributed by atoms with Crippen molar-refractivity contribution in [1.29, 1.82) is 0 Å². The van der Waals surface area contributed by atoms with Gasteiger partial charge in [0.15, 0.2) is 0 Å². The monoisotopic (exact) mass is 387 g/mol. The molecule has 0 saturated carbocycles. The van der Waals surface area contributed by atoms with E-state index in [1.165, 1.54) is 6.92 Å². The SMILES string of the molecule is Cc1cc(OC(F)(F)F)c(Cl)cc1-n1c(N)c2c(cc1=O)C(=O)NC2=O. The summed E-state index contributed by atoms with van der Waals surface area (Å²) in [5.74, 6) is -2.53. The molecule has 0 radical (unpaired) electrons. The quantitative estimate of drug-likeness (QED) is 0.769. The van der Waals surface area contributed by atoms with Crippen LogP contribution in [0.15, 0.2) is 23.0 Å². The van der Waals surface area contributed by atoms with Crippen LogP contribution in [0.1, 0.15) is 26.3 Å². The van der Waals surface area contributed by atoms with Gasteiger partial charge >= 0.3 is 6.36 Å². The molecule has 11 heteroatoms. The van der Waals surface area contributed by atoms with Gasteiger partial charge in [-0.3, -0.25) is 24.3 Å². The Hall–Kier alpha value is -3.01. The molecule has 7 nitrogen and oxygen atoms in total. The summed E-state index contributed by atoms with van der Waals surface area (Å²) in [6.07, 6.45) is -4.94. The number of rotatable bonds is 2. The molecule has 26 heavy (non-hydrogen) atoms. The summed E-state index contributed by atoms with van der Waals surface area (Å²) in [5.41, 5.74) is 4.97. The highest BCUT2D eigenvalue weighted by atomic mass is 35.5. The van der Waals surface area contributed by atoms with Crippen molar-refractivity contribution in [3.8, 4) is 11.4 Å². The summed E-state index contributed by atoms with van der Waals surface area (Å²) < 4.78 is 41.9. The Morgan fingerprint density at radius 1 is 1.15 bits per heavy atom. The number of nitrogens with two attached hydrogens (primary N) is 1. The van der Waals surface area contributed by atoms with Crippen LogP contribution in [-0.2, 0) is 0 Å². The fourth-order valence-corrected chi connectivity index (χ4v) is 2.81. The number of fused-ring (bicyclic) bond motifs is 1. The van der Waals surface area contributed by atoms with Crippen molar-refractivity contribution in [3.63, 3.8) is 0 Å². The molecule has 2 heterocycles. The van der Waals surface area contributed by atoms with Crippen LogP contribution in [0.4, 0.5) is 19.0 Å². The van der Waals surface area contributed by atoms with Gasteiger partial charge in [0, 0.05) is 6.07 Å². The second kappa shape index (κ2) is 5.77. The predicted octanol–water partition coefficient (Wildman–Crippen LogP) is 2.16. The summed E-state index contributed by atoms with van der Waals surface area (Å²) in [6.45, 7) is 1.40. The summed E-state index contributed by atoms with van der Waals surface area (Å²) >= 11 is 5.82. The number of nitrogens with zero attached hydrogens (tertiary/aromatic N) is 1. The van der Waals surface area contributed by atoms with Gasteiger partial charge in [-0.15, -0.1) is 13.2 Å². The molecule has 0 saturated heterocycles. The number of nitrogens with one attached hydrogen (secondary N) is 1. The number of amides is 2. The summed E-state index contributed by atoms with van der Waals surface area (Å²) in [6, 6.07) is 2.95. The van der Waals surface area contributed by atoms with E-state index in [-0.39, 0.29) is 28.2 Å². The van der Waals surface area contributed by atoms with Crippen molar-refractivity contribution in [2.24, 2.45) is 0 Å². The minimum Gasteiger partial charge on any atom is -0.404 e. The number of benzene rings is 1. The van der Waals surface area contributed by atoms with Crippen LogP contribution in [0.25, 0.3) is 5.69 Å². The summed E-state index contributed by atoms with van der Waals surface area (Å²) in [5, 5.41) is 1.59. The molecule has 0 atom stereocenters. The smallest absolute Gasteiger partial charge is 0.404 e. The average Bonchev–Trinajstić information content (AvgIpc) is 2.77. The number of anilines is 1. The Bertz CT molecular complexity index is 1030. The van der Waals surface area contributed by atoms with Gasteiger partial charge in [-0.25, -0.2) is 0 Å². The summed E-state index contributed by atoms with van der Waals surface area (Å²) in [7, 11) is 0. The van der Waals surface area contributed by atoms with Crippen LogP contribution in [0.3, 0.4) is 0 Å². The number of carbonyl (C=O) groups is 2. The van der Waals surface area contributed by atoms with Gasteiger partial charge in [0.05, 0.1) is 21.8 Å². The van der Waals surface area contributed by atoms with Crippen molar-refractivity contribution < 1.29 is 27.5 Å². The van der Waals surface area contributed by atoms with Crippen molar-refractivity contribution in [2.45, 2.75) is 13.3 Å². The highest BCUT2D eigenvalue weighted by molar-refractivity contribution is 6.32. The van der Waals surface area contributed by atoms with Gasteiger partial charge in [0.1, 0.15) is 11.6 Å². The molecule has 3 N–H and O–H groups in total. The first-order valence-electron chi connectivity index (χ1n) is 6.97. The third kappa shape index (κ3) is 2.88. The lowest BCUT2D eigenvalue weighted by Gasteiger charge is -2.17. The molecule has 1 aromatic carbocycles. The zero-order chi connectivity index (χ0) is 19.4. The molecule has 1 aliphatic rings. The van der Waals surface area contributed by atoms with Crippen molar-refractivity contribution >= 4 is 29.2 Å². The van der Waals surface area contributed by atoms with Gasteiger partial charge in [0.2, 0.25) is 0 Å². The Morgan fingerprint density at radius 2 is 1.81 bits per heavy atom. The molecule has 0 spiro atoms. The van der Waals surface area contributed by atoms with E-state index < -0.39 is 34.5 Å². The molecule has 0 fully saturated rings. The Balaban J connectivity index is 2.21. The van der Waals surface area contributed by atoms with E-state index in [2.05, 4.69) is 4.74 Å². The molecule has 0 aliphatic carbocycles. The third-order valence-electron chi connectivity index (χ3n) is 3.67. The minimum absolute atomic E-state index is 0.0435. The van der Waals surface area contributed by atoms with E-state index in [1.54, 1.807) is 0 Å². The van der Waals surface area contributed by atoms with E-state index in [0.29, 0.717) is 0 Å². The van der Waals surface area contributed by atoms with Crippen LogP contribution in [0.2, 0.25) is 5.02 Å². The van der Waals surface area contributed by atoms with Crippen LogP contribution >= 0.6 is 11.6 Å². The third-order valence-corrected chi connectivity index (χ3v) is 3.97. The van der Waals surface area contributed by atoms with E-state index in [9.17, 15) is 27.6 Å². The van der Waals surface area contributed by atoms with Crippen LogP contribution in [0.5, 0.6) is 5.75 Å². The average molecular weight is 388 g/mol. The Labute approximate surface area is 148 Å². The van der Waals surface area contributed by atoms with E-state index >= 15 is 0 Å². The number of ether oxygens (including phenoxy) is 1. The van der Waals surface area contributed by atoms with Crippen LogP contribution < -0.4 is 21.3 Å². The lowest BCUT2D eigenvalue weighted by molar-refractivity contribution is -0.274. The standard InChI is InChI=1S/C15H9ClF3N3O4/c1-5-2-9(26-15(17,18)19)7(16)4-8(5)22-10(23)3-6-11(12(22)20)14(25)21-13(6)24/h2-4H,20H2,1H3,(H,21,24,25). The molecular formula is C15H9ClF3N3O4. The fourth-order valence-electron chi connectivity index (χ4n) is 2.62. The zero-order valence-electron chi connectivity index (χ0n) is 12.9. The number of aromatic nitrogens is 1. The first-order chi connectivity index (χ1) is 12.0. The fraction of sp³-hybridized carbons (Fsp3) is 0.133. The van der Waals surface area contributed by atoms with Crippen molar-refractivity contribution in [3.05, 3.63) is 50.3 Å². The van der Waals surface area contributed by atoms with Gasteiger partial charge < -0.3 is 10.5 Å². The van der Waals surface area contributed by atoms with Crippen molar-refractivity contribution in [1.82, 2.24) is 9.88 Å². The zero-order valence-corrected chi connectivity index (χ0v) is 13.7. The topological polar surface area (TPSA) is 103 Å². The molecule has 1 aliphatic heterocycles. The second-order valence-electron chi connectivity index (χ2n) is 5.39. The van der Waals surface area contributed by atoms with Gasteiger partial charge in [-0.05, 0) is 24.6 Å². The minimum atomic E-state index is -4.94. The molecule has 3 rings (SSSR count). The Morgan fingerprint density at radius 3 is 2.42 bits per heavy atom. The number of hydrogen-bond acceptors (Lipinski definition) is 5. The molecule has 2 amide bonds. The number of pyridine rings is 1. The highest BCUT2D eigenvalue weighted by Crippen LogP contribution is 2.34. The number of halogens is 4. The van der Waals surface area contributed by atoms with E-state index in [4.69, 9.17) is 17.3 Å². The van der Waals surface area contributed by atoms with Gasteiger partial charge in [-0.2, -0.15) is 0 Å². The number of hydrogen-bond donors (Lipinski definition) is 2. The molecule has 136 valence electrons. The number of aryl methyl sites for hydroxylation is 1. The number of nitrogen functional groups attached to an aromatic ring is 1. The molecule has 2 aromatic rings. The van der Waals surface area contributed by atoms with Crippen molar-refractivity contribution in [2.75, 3.05) is 5.73 Å².